The molecule has 0 aromatic heterocycles. The van der Waals surface area contributed by atoms with E-state index in [2.05, 4.69) is 0 Å². The van der Waals surface area contributed by atoms with Crippen molar-refractivity contribution in [1.29, 1.82) is 0 Å². The zero-order chi connectivity index (χ0) is 19.4. The summed E-state index contributed by atoms with van der Waals surface area (Å²) in [5.41, 5.74) is 3.45. The summed E-state index contributed by atoms with van der Waals surface area (Å²) >= 11 is 0. The first-order valence-electron chi connectivity index (χ1n) is 8.92. The van der Waals surface area contributed by atoms with Crippen molar-refractivity contribution in [2.45, 2.75) is 13.3 Å². The number of rotatable bonds is 6. The lowest BCUT2D eigenvalue weighted by atomic mass is 10.1. The average molecular weight is 365 g/mol. The summed E-state index contributed by atoms with van der Waals surface area (Å²) in [7, 11) is 3.36. The van der Waals surface area contributed by atoms with Crippen LogP contribution in [0.25, 0.3) is 6.08 Å². The maximum absolute atomic E-state index is 12.6. The molecule has 5 heteroatoms. The molecule has 0 radical (unpaired) electrons. The van der Waals surface area contributed by atoms with Gasteiger partial charge in [0.2, 0.25) is 0 Å². The summed E-state index contributed by atoms with van der Waals surface area (Å²) in [4.78, 5) is 25.8. The first-order valence-corrected chi connectivity index (χ1v) is 8.92. The van der Waals surface area contributed by atoms with E-state index in [0.29, 0.717) is 24.5 Å². The van der Waals surface area contributed by atoms with E-state index in [1.165, 1.54) is 4.90 Å². The van der Waals surface area contributed by atoms with Crippen molar-refractivity contribution in [2.75, 3.05) is 27.3 Å². The van der Waals surface area contributed by atoms with Gasteiger partial charge in [0.05, 0.1) is 6.61 Å². The van der Waals surface area contributed by atoms with Crippen LogP contribution in [-0.4, -0.2) is 43.9 Å². The molecule has 0 heterocycles. The quantitative estimate of drug-likeness (QED) is 0.737. The number of carbonyl (C=O) groups excluding carboxylic acids is 2. The fourth-order valence-corrected chi connectivity index (χ4v) is 2.94. The van der Waals surface area contributed by atoms with Crippen molar-refractivity contribution < 1.29 is 19.1 Å². The second-order valence-corrected chi connectivity index (χ2v) is 6.55. The Labute approximate surface area is 159 Å². The lowest BCUT2D eigenvalue weighted by molar-refractivity contribution is -0.130. The second kappa shape index (κ2) is 8.08. The Balaban J connectivity index is 1.82. The summed E-state index contributed by atoms with van der Waals surface area (Å²) in [5.74, 6) is 1.01. The molecule has 27 heavy (non-hydrogen) atoms. The number of fused-ring (bicyclic) bond motifs is 1. The standard InChI is InChI=1S/C22H23NO4/c1-4-26-20-12-15(9-10-19(20)27-14-21(24)23(2)3)11-17-13-16-7-5-6-8-18(16)22(17)25/h5-12H,4,13-14H2,1-3H3. The van der Waals surface area contributed by atoms with Crippen molar-refractivity contribution in [3.63, 3.8) is 0 Å². The van der Waals surface area contributed by atoms with Crippen molar-refractivity contribution in [2.24, 2.45) is 0 Å². The molecule has 1 amide bonds. The molecule has 0 fully saturated rings. The molecule has 3 rings (SSSR count). The predicted molar refractivity (Wildman–Crippen MR) is 104 cm³/mol. The van der Waals surface area contributed by atoms with Crippen LogP contribution in [0.2, 0.25) is 0 Å². The van der Waals surface area contributed by atoms with Crippen LogP contribution in [0.1, 0.15) is 28.4 Å². The Morgan fingerprint density at radius 1 is 1.11 bits per heavy atom. The number of hydrogen-bond acceptors (Lipinski definition) is 4. The summed E-state index contributed by atoms with van der Waals surface area (Å²) < 4.78 is 11.3. The maximum atomic E-state index is 12.6. The van der Waals surface area contributed by atoms with Gasteiger partial charge in [0.25, 0.3) is 5.91 Å². The first kappa shape index (κ1) is 18.7. The smallest absolute Gasteiger partial charge is 0.259 e. The lowest BCUT2D eigenvalue weighted by Crippen LogP contribution is -2.27. The molecule has 2 aromatic carbocycles. The number of ketones is 1. The van der Waals surface area contributed by atoms with Gasteiger partial charge in [-0.05, 0) is 36.3 Å². The molecule has 0 saturated carbocycles. The second-order valence-electron chi connectivity index (χ2n) is 6.55. The van der Waals surface area contributed by atoms with Gasteiger partial charge in [0, 0.05) is 31.7 Å². The van der Waals surface area contributed by atoms with Crippen LogP contribution in [0.15, 0.2) is 48.0 Å². The minimum Gasteiger partial charge on any atom is -0.490 e. The number of likely N-dealkylation sites (N-methyl/N-ethyl adjacent to an activating group) is 1. The number of hydrogen-bond donors (Lipinski definition) is 0. The third-order valence-corrected chi connectivity index (χ3v) is 4.39. The molecular formula is C22H23NO4. The Hall–Kier alpha value is -3.08. The SMILES string of the molecule is CCOc1cc(C=C2Cc3ccccc3C2=O)ccc1OCC(=O)N(C)C. The molecule has 140 valence electrons. The molecule has 0 N–H and O–H groups in total. The third kappa shape index (κ3) is 4.19. The van der Waals surface area contributed by atoms with Gasteiger partial charge in [-0.25, -0.2) is 0 Å². The predicted octanol–water partition coefficient (Wildman–Crippen LogP) is 3.37. The molecule has 5 nitrogen and oxygen atoms in total. The molecule has 0 saturated heterocycles. The minimum absolute atomic E-state index is 0.0543. The van der Waals surface area contributed by atoms with Gasteiger partial charge in [-0.15, -0.1) is 0 Å². The van der Waals surface area contributed by atoms with E-state index in [9.17, 15) is 9.59 Å². The van der Waals surface area contributed by atoms with Crippen LogP contribution >= 0.6 is 0 Å². The molecule has 1 aliphatic rings. The zero-order valence-electron chi connectivity index (χ0n) is 15.8. The number of Topliss-reactive ketones (excluding diaryl/α,β-unsaturated/α-hetero) is 1. The number of ether oxygens (including phenoxy) is 2. The van der Waals surface area contributed by atoms with Gasteiger partial charge >= 0.3 is 0 Å². The fourth-order valence-electron chi connectivity index (χ4n) is 2.94. The topological polar surface area (TPSA) is 55.8 Å². The molecular weight excluding hydrogens is 342 g/mol. The molecule has 0 aliphatic heterocycles. The van der Waals surface area contributed by atoms with Crippen LogP contribution < -0.4 is 9.47 Å². The van der Waals surface area contributed by atoms with Gasteiger partial charge in [0.1, 0.15) is 0 Å². The van der Waals surface area contributed by atoms with Gasteiger partial charge in [0.15, 0.2) is 23.9 Å². The molecule has 0 spiro atoms. The summed E-state index contributed by atoms with van der Waals surface area (Å²) in [6.45, 7) is 2.31. The Morgan fingerprint density at radius 2 is 1.89 bits per heavy atom. The average Bonchev–Trinajstić information content (AvgIpc) is 2.97. The first-order chi connectivity index (χ1) is 13.0. The van der Waals surface area contributed by atoms with Crippen LogP contribution in [0, 0.1) is 0 Å². The highest BCUT2D eigenvalue weighted by Crippen LogP contribution is 2.32. The van der Waals surface area contributed by atoms with Crippen molar-refractivity contribution in [1.82, 2.24) is 4.90 Å². The van der Waals surface area contributed by atoms with Crippen molar-refractivity contribution >= 4 is 17.8 Å². The highest BCUT2D eigenvalue weighted by atomic mass is 16.5. The molecule has 2 aromatic rings. The fraction of sp³-hybridized carbons (Fsp3) is 0.273. The van der Waals surface area contributed by atoms with Crippen LogP contribution in [0.3, 0.4) is 0 Å². The lowest BCUT2D eigenvalue weighted by Gasteiger charge is -2.14. The zero-order valence-corrected chi connectivity index (χ0v) is 15.8. The van der Waals surface area contributed by atoms with E-state index in [4.69, 9.17) is 9.47 Å². The Bertz CT molecular complexity index is 899. The summed E-state index contributed by atoms with van der Waals surface area (Å²) in [6.07, 6.45) is 2.52. The minimum atomic E-state index is -0.127. The summed E-state index contributed by atoms with van der Waals surface area (Å²) in [6, 6.07) is 13.1. The summed E-state index contributed by atoms with van der Waals surface area (Å²) in [5, 5.41) is 0. The number of benzene rings is 2. The van der Waals surface area contributed by atoms with Crippen molar-refractivity contribution in [3.05, 3.63) is 64.7 Å². The number of carbonyl (C=O) groups is 2. The number of nitrogens with zero attached hydrogens (tertiary/aromatic N) is 1. The molecule has 0 unspecified atom stereocenters. The van der Waals surface area contributed by atoms with E-state index in [-0.39, 0.29) is 18.3 Å². The monoisotopic (exact) mass is 365 g/mol. The Kier molecular flexibility index (Phi) is 5.60. The van der Waals surface area contributed by atoms with Gasteiger partial charge in [-0.2, -0.15) is 0 Å². The third-order valence-electron chi connectivity index (χ3n) is 4.39. The van der Waals surface area contributed by atoms with Gasteiger partial charge in [-0.1, -0.05) is 30.3 Å². The molecule has 0 bridgehead atoms. The number of allylic oxidation sites excluding steroid dienone is 1. The molecule has 0 atom stereocenters. The number of amides is 1. The van der Waals surface area contributed by atoms with E-state index in [0.717, 1.165) is 22.3 Å². The normalized spacial score (nSPS) is 14.2. The Morgan fingerprint density at radius 3 is 2.59 bits per heavy atom. The van der Waals surface area contributed by atoms with Gasteiger partial charge < -0.3 is 14.4 Å². The van der Waals surface area contributed by atoms with E-state index < -0.39 is 0 Å². The van der Waals surface area contributed by atoms with Crippen LogP contribution in [-0.2, 0) is 11.2 Å². The van der Waals surface area contributed by atoms with Gasteiger partial charge in [-0.3, -0.25) is 9.59 Å². The van der Waals surface area contributed by atoms with E-state index >= 15 is 0 Å². The van der Waals surface area contributed by atoms with Crippen molar-refractivity contribution in [3.8, 4) is 11.5 Å². The van der Waals surface area contributed by atoms with Crippen LogP contribution in [0.4, 0.5) is 0 Å². The highest BCUT2D eigenvalue weighted by molar-refractivity contribution is 6.15. The van der Waals surface area contributed by atoms with Crippen LogP contribution in [0.5, 0.6) is 11.5 Å². The molecule has 1 aliphatic carbocycles. The largest absolute Gasteiger partial charge is 0.490 e. The van der Waals surface area contributed by atoms with E-state index in [1.54, 1.807) is 20.2 Å². The highest BCUT2D eigenvalue weighted by Gasteiger charge is 2.24. The van der Waals surface area contributed by atoms with E-state index in [1.807, 2.05) is 49.4 Å². The maximum Gasteiger partial charge on any atom is 0.259 e.